The van der Waals surface area contributed by atoms with Gasteiger partial charge in [-0.05, 0) is 67.7 Å². The van der Waals surface area contributed by atoms with Crippen molar-refractivity contribution in [1.29, 1.82) is 0 Å². The quantitative estimate of drug-likeness (QED) is 0.921. The summed E-state index contributed by atoms with van der Waals surface area (Å²) in [6.45, 7) is 6.45. The third-order valence-corrected chi connectivity index (χ3v) is 5.70. The lowest BCUT2D eigenvalue weighted by molar-refractivity contribution is 0.113. The molecule has 2 aliphatic carbocycles. The molecule has 0 saturated heterocycles. The standard InChI is InChI=1S/C19H30N2/c1-19(2,12-20)13-21(3)18-16-8-9-17(18)11-15-7-5-4-6-14(15)10-16/h4-7,16-18H,8-13,20H2,1-3H3. The first-order valence-electron chi connectivity index (χ1n) is 8.47. The number of benzene rings is 1. The summed E-state index contributed by atoms with van der Waals surface area (Å²) in [4.78, 5) is 2.63. The Labute approximate surface area is 129 Å². The minimum absolute atomic E-state index is 0.216. The van der Waals surface area contributed by atoms with Gasteiger partial charge in [0, 0.05) is 12.6 Å². The van der Waals surface area contributed by atoms with Crippen molar-refractivity contribution in [2.75, 3.05) is 20.1 Å². The molecule has 1 fully saturated rings. The second-order valence-corrected chi connectivity index (χ2v) is 8.05. The topological polar surface area (TPSA) is 29.3 Å². The Kier molecular flexibility index (Phi) is 4.11. The van der Waals surface area contributed by atoms with E-state index in [1.54, 1.807) is 11.1 Å². The van der Waals surface area contributed by atoms with Gasteiger partial charge >= 0.3 is 0 Å². The van der Waals surface area contributed by atoms with Crippen LogP contribution in [0.5, 0.6) is 0 Å². The molecule has 2 bridgehead atoms. The van der Waals surface area contributed by atoms with Gasteiger partial charge in [0.15, 0.2) is 0 Å². The molecule has 0 spiro atoms. The van der Waals surface area contributed by atoms with E-state index in [0.717, 1.165) is 31.0 Å². The Morgan fingerprint density at radius 3 is 2.10 bits per heavy atom. The molecule has 3 rings (SSSR count). The highest BCUT2D eigenvalue weighted by Crippen LogP contribution is 2.42. The summed E-state index contributed by atoms with van der Waals surface area (Å²) in [5.41, 5.74) is 9.35. The van der Waals surface area contributed by atoms with Crippen molar-refractivity contribution in [2.45, 2.75) is 45.6 Å². The summed E-state index contributed by atoms with van der Waals surface area (Å²) in [5, 5.41) is 0. The highest BCUT2D eigenvalue weighted by atomic mass is 15.2. The Hall–Kier alpha value is -0.860. The highest BCUT2D eigenvalue weighted by molar-refractivity contribution is 5.30. The highest BCUT2D eigenvalue weighted by Gasteiger charge is 2.41. The fourth-order valence-corrected chi connectivity index (χ4v) is 4.69. The Morgan fingerprint density at radius 2 is 1.62 bits per heavy atom. The molecular weight excluding hydrogens is 256 g/mol. The summed E-state index contributed by atoms with van der Waals surface area (Å²) >= 11 is 0. The fraction of sp³-hybridized carbons (Fsp3) is 0.684. The van der Waals surface area contributed by atoms with E-state index in [9.17, 15) is 0 Å². The van der Waals surface area contributed by atoms with E-state index in [-0.39, 0.29) is 5.41 Å². The van der Waals surface area contributed by atoms with E-state index in [4.69, 9.17) is 5.73 Å². The lowest BCUT2D eigenvalue weighted by atomic mass is 9.89. The number of hydrogen-bond donors (Lipinski definition) is 1. The van der Waals surface area contributed by atoms with E-state index in [2.05, 4.69) is 50.1 Å². The zero-order valence-electron chi connectivity index (χ0n) is 13.8. The van der Waals surface area contributed by atoms with E-state index < -0.39 is 0 Å². The first-order valence-corrected chi connectivity index (χ1v) is 8.47. The lowest BCUT2D eigenvalue weighted by Gasteiger charge is -2.37. The van der Waals surface area contributed by atoms with Crippen LogP contribution in [0.25, 0.3) is 0 Å². The molecule has 0 amide bonds. The van der Waals surface area contributed by atoms with Gasteiger partial charge in [-0.2, -0.15) is 0 Å². The van der Waals surface area contributed by atoms with Gasteiger partial charge in [0.05, 0.1) is 0 Å². The minimum Gasteiger partial charge on any atom is -0.330 e. The predicted octanol–water partition coefficient (Wildman–Crippen LogP) is 3.10. The van der Waals surface area contributed by atoms with Crippen LogP contribution in [0, 0.1) is 17.3 Å². The predicted molar refractivity (Wildman–Crippen MR) is 89.3 cm³/mol. The summed E-state index contributed by atoms with van der Waals surface area (Å²) in [7, 11) is 2.32. The smallest absolute Gasteiger partial charge is 0.0155 e. The van der Waals surface area contributed by atoms with Crippen molar-refractivity contribution in [3.8, 4) is 0 Å². The van der Waals surface area contributed by atoms with Crippen molar-refractivity contribution in [3.05, 3.63) is 35.4 Å². The molecule has 2 atom stereocenters. The maximum Gasteiger partial charge on any atom is 0.0155 e. The number of nitrogens with two attached hydrogens (primary N) is 1. The molecule has 1 aromatic rings. The van der Waals surface area contributed by atoms with Crippen LogP contribution in [0.15, 0.2) is 24.3 Å². The average Bonchev–Trinajstić information content (AvgIpc) is 2.74. The lowest BCUT2D eigenvalue weighted by Crippen LogP contribution is -2.46. The summed E-state index contributed by atoms with van der Waals surface area (Å²) in [6, 6.07) is 9.83. The van der Waals surface area contributed by atoms with Gasteiger partial charge in [-0.25, -0.2) is 0 Å². The van der Waals surface area contributed by atoms with Gasteiger partial charge in [0.1, 0.15) is 0 Å². The first kappa shape index (κ1) is 15.1. The van der Waals surface area contributed by atoms with Gasteiger partial charge in [0.2, 0.25) is 0 Å². The molecule has 0 aromatic heterocycles. The molecular formula is C19H30N2. The van der Waals surface area contributed by atoms with E-state index >= 15 is 0 Å². The molecule has 2 aliphatic rings. The summed E-state index contributed by atoms with van der Waals surface area (Å²) in [5.74, 6) is 1.66. The van der Waals surface area contributed by atoms with Crippen molar-refractivity contribution in [2.24, 2.45) is 23.0 Å². The molecule has 2 nitrogen and oxygen atoms in total. The van der Waals surface area contributed by atoms with Crippen LogP contribution in [0.3, 0.4) is 0 Å². The molecule has 2 unspecified atom stereocenters. The van der Waals surface area contributed by atoms with Crippen LogP contribution in [0.1, 0.15) is 37.8 Å². The molecule has 1 saturated carbocycles. The van der Waals surface area contributed by atoms with Crippen LogP contribution in [0.4, 0.5) is 0 Å². The number of fused-ring (bicyclic) bond motifs is 3. The summed E-state index contributed by atoms with van der Waals surface area (Å²) in [6.07, 6.45) is 5.34. The zero-order valence-corrected chi connectivity index (χ0v) is 13.8. The van der Waals surface area contributed by atoms with Crippen LogP contribution in [-0.4, -0.2) is 31.1 Å². The molecule has 1 aromatic carbocycles. The van der Waals surface area contributed by atoms with Gasteiger partial charge in [-0.15, -0.1) is 0 Å². The van der Waals surface area contributed by atoms with Crippen LogP contribution in [-0.2, 0) is 12.8 Å². The Balaban J connectivity index is 1.79. The van der Waals surface area contributed by atoms with Crippen molar-refractivity contribution in [3.63, 3.8) is 0 Å². The fourth-order valence-electron chi connectivity index (χ4n) is 4.69. The first-order chi connectivity index (χ1) is 10.00. The Bertz CT molecular complexity index is 461. The number of rotatable bonds is 4. The maximum absolute atomic E-state index is 5.94. The Morgan fingerprint density at radius 1 is 1.10 bits per heavy atom. The monoisotopic (exact) mass is 286 g/mol. The molecule has 2 heteroatoms. The maximum atomic E-state index is 5.94. The summed E-state index contributed by atoms with van der Waals surface area (Å²) < 4.78 is 0. The van der Waals surface area contributed by atoms with E-state index in [1.807, 2.05) is 0 Å². The second kappa shape index (κ2) is 5.73. The van der Waals surface area contributed by atoms with E-state index in [1.165, 1.54) is 25.7 Å². The average molecular weight is 286 g/mol. The minimum atomic E-state index is 0.216. The van der Waals surface area contributed by atoms with Crippen molar-refractivity contribution < 1.29 is 0 Å². The van der Waals surface area contributed by atoms with Gasteiger partial charge in [-0.1, -0.05) is 38.1 Å². The third kappa shape index (κ3) is 3.02. The molecule has 0 radical (unpaired) electrons. The van der Waals surface area contributed by atoms with Crippen LogP contribution in [0.2, 0.25) is 0 Å². The van der Waals surface area contributed by atoms with Gasteiger partial charge in [-0.3, -0.25) is 0 Å². The van der Waals surface area contributed by atoms with Crippen LogP contribution >= 0.6 is 0 Å². The molecule has 0 aliphatic heterocycles. The van der Waals surface area contributed by atoms with Gasteiger partial charge < -0.3 is 10.6 Å². The normalized spacial score (nSPS) is 28.5. The van der Waals surface area contributed by atoms with Crippen LogP contribution < -0.4 is 5.73 Å². The SMILES string of the molecule is CN(CC(C)(C)CN)C1C2CCC1Cc1ccccc1C2. The molecule has 21 heavy (non-hydrogen) atoms. The second-order valence-electron chi connectivity index (χ2n) is 8.05. The molecule has 116 valence electrons. The molecule has 2 N–H and O–H groups in total. The van der Waals surface area contributed by atoms with Crippen molar-refractivity contribution >= 4 is 0 Å². The van der Waals surface area contributed by atoms with E-state index in [0.29, 0.717) is 0 Å². The number of hydrogen-bond acceptors (Lipinski definition) is 2. The number of nitrogens with zero attached hydrogens (tertiary/aromatic N) is 1. The molecule has 0 heterocycles. The van der Waals surface area contributed by atoms with Gasteiger partial charge in [0.25, 0.3) is 0 Å². The third-order valence-electron chi connectivity index (χ3n) is 5.70. The zero-order chi connectivity index (χ0) is 15.0. The van der Waals surface area contributed by atoms with Crippen molar-refractivity contribution in [1.82, 2.24) is 4.90 Å². The largest absolute Gasteiger partial charge is 0.330 e.